The Labute approximate surface area is 81.7 Å². The van der Waals surface area contributed by atoms with Crippen molar-refractivity contribution in [2.75, 3.05) is 0 Å². The molecule has 13 heavy (non-hydrogen) atoms. The zero-order valence-corrected chi connectivity index (χ0v) is 8.90. The summed E-state index contributed by atoms with van der Waals surface area (Å²) in [7, 11) is 0. The molecular formula is C13H20. The van der Waals surface area contributed by atoms with Crippen LogP contribution in [0.15, 0.2) is 22.8 Å². The summed E-state index contributed by atoms with van der Waals surface area (Å²) in [5.41, 5.74) is 4.95. The first-order chi connectivity index (χ1) is 6.27. The fourth-order valence-electron chi connectivity index (χ4n) is 2.69. The van der Waals surface area contributed by atoms with E-state index in [9.17, 15) is 0 Å². The lowest BCUT2D eigenvalue weighted by Gasteiger charge is -2.20. The van der Waals surface area contributed by atoms with E-state index >= 15 is 0 Å². The van der Waals surface area contributed by atoms with Gasteiger partial charge in [-0.25, -0.2) is 0 Å². The van der Waals surface area contributed by atoms with Gasteiger partial charge in [-0.15, -0.1) is 0 Å². The Bertz CT molecular complexity index is 249. The average Bonchev–Trinajstić information content (AvgIpc) is 2.61. The van der Waals surface area contributed by atoms with Gasteiger partial charge in [0, 0.05) is 0 Å². The van der Waals surface area contributed by atoms with Crippen LogP contribution >= 0.6 is 0 Å². The van der Waals surface area contributed by atoms with E-state index in [0.29, 0.717) is 0 Å². The van der Waals surface area contributed by atoms with Crippen molar-refractivity contribution in [2.24, 2.45) is 5.92 Å². The third-order valence-corrected chi connectivity index (χ3v) is 3.58. The molecule has 2 rings (SSSR count). The van der Waals surface area contributed by atoms with Crippen molar-refractivity contribution in [3.05, 3.63) is 22.8 Å². The minimum absolute atomic E-state index is 0.912. The van der Waals surface area contributed by atoms with Crippen molar-refractivity contribution in [1.82, 2.24) is 0 Å². The maximum atomic E-state index is 2.47. The van der Waals surface area contributed by atoms with Gasteiger partial charge >= 0.3 is 0 Å². The lowest BCUT2D eigenvalue weighted by atomic mass is 9.85. The summed E-state index contributed by atoms with van der Waals surface area (Å²) in [6.07, 6.45) is 10.9. The third kappa shape index (κ3) is 1.87. The quantitative estimate of drug-likeness (QED) is 0.560. The van der Waals surface area contributed by atoms with Crippen LogP contribution in [0.2, 0.25) is 0 Å². The molecule has 0 nitrogen and oxygen atoms in total. The summed E-state index contributed by atoms with van der Waals surface area (Å²) in [6.45, 7) is 4.61. The molecule has 0 unspecified atom stereocenters. The van der Waals surface area contributed by atoms with Gasteiger partial charge in [0.15, 0.2) is 0 Å². The van der Waals surface area contributed by atoms with E-state index in [-0.39, 0.29) is 0 Å². The normalized spacial score (nSPS) is 25.2. The highest BCUT2D eigenvalue weighted by Gasteiger charge is 2.21. The van der Waals surface area contributed by atoms with Gasteiger partial charge in [-0.1, -0.05) is 30.1 Å². The zero-order chi connectivity index (χ0) is 9.26. The average molecular weight is 176 g/mol. The highest BCUT2D eigenvalue weighted by Crippen LogP contribution is 2.37. The van der Waals surface area contributed by atoms with E-state index in [1.807, 2.05) is 0 Å². The maximum Gasteiger partial charge on any atom is -0.0163 e. The van der Waals surface area contributed by atoms with Gasteiger partial charge in [0.05, 0.1) is 0 Å². The van der Waals surface area contributed by atoms with Gasteiger partial charge in [0.25, 0.3) is 0 Å². The molecule has 72 valence electrons. The molecule has 0 aliphatic heterocycles. The summed E-state index contributed by atoms with van der Waals surface area (Å²) in [4.78, 5) is 0. The fourth-order valence-corrected chi connectivity index (χ4v) is 2.69. The first-order valence-corrected chi connectivity index (χ1v) is 5.64. The molecule has 0 amide bonds. The molecule has 0 heteroatoms. The van der Waals surface area contributed by atoms with Crippen molar-refractivity contribution in [3.63, 3.8) is 0 Å². The van der Waals surface area contributed by atoms with E-state index < -0.39 is 0 Å². The minimum atomic E-state index is 0.912. The fraction of sp³-hybridized carbons (Fsp3) is 0.692. The number of hydrogen-bond donors (Lipinski definition) is 0. The molecule has 0 N–H and O–H groups in total. The molecule has 0 radical (unpaired) electrons. The van der Waals surface area contributed by atoms with Crippen LogP contribution < -0.4 is 0 Å². The predicted octanol–water partition coefficient (Wildman–Crippen LogP) is 4.23. The lowest BCUT2D eigenvalue weighted by molar-refractivity contribution is 0.636. The maximum absolute atomic E-state index is 2.47. The van der Waals surface area contributed by atoms with Crippen molar-refractivity contribution in [3.8, 4) is 0 Å². The monoisotopic (exact) mass is 176 g/mol. The number of rotatable bonds is 1. The van der Waals surface area contributed by atoms with Crippen molar-refractivity contribution in [2.45, 2.75) is 52.4 Å². The van der Waals surface area contributed by atoms with Crippen LogP contribution in [0.1, 0.15) is 52.4 Å². The minimum Gasteiger partial charge on any atom is -0.0727 e. The SMILES string of the molecule is CC1=CC(C2CCCC2)=C(C)CC1. The lowest BCUT2D eigenvalue weighted by Crippen LogP contribution is -2.04. The van der Waals surface area contributed by atoms with Gasteiger partial charge in [-0.3, -0.25) is 0 Å². The Balaban J connectivity index is 2.19. The molecular weight excluding hydrogens is 156 g/mol. The molecule has 0 atom stereocenters. The van der Waals surface area contributed by atoms with Crippen LogP contribution in [0.4, 0.5) is 0 Å². The Morgan fingerprint density at radius 1 is 1.08 bits per heavy atom. The van der Waals surface area contributed by atoms with E-state index in [2.05, 4.69) is 19.9 Å². The van der Waals surface area contributed by atoms with E-state index in [4.69, 9.17) is 0 Å². The van der Waals surface area contributed by atoms with Crippen molar-refractivity contribution < 1.29 is 0 Å². The molecule has 0 spiro atoms. The summed E-state index contributed by atoms with van der Waals surface area (Å²) in [5, 5.41) is 0. The molecule has 0 aromatic rings. The summed E-state index contributed by atoms with van der Waals surface area (Å²) in [5.74, 6) is 0.912. The molecule has 1 fully saturated rings. The Kier molecular flexibility index (Phi) is 2.57. The predicted molar refractivity (Wildman–Crippen MR) is 57.6 cm³/mol. The van der Waals surface area contributed by atoms with Crippen molar-refractivity contribution >= 4 is 0 Å². The Morgan fingerprint density at radius 3 is 2.46 bits per heavy atom. The number of allylic oxidation sites excluding steroid dienone is 4. The molecule has 0 aromatic carbocycles. The van der Waals surface area contributed by atoms with E-state index in [1.54, 1.807) is 16.7 Å². The van der Waals surface area contributed by atoms with Crippen LogP contribution in [-0.2, 0) is 0 Å². The molecule has 2 aliphatic carbocycles. The van der Waals surface area contributed by atoms with Gasteiger partial charge in [0.1, 0.15) is 0 Å². The second-order valence-electron chi connectivity index (χ2n) is 4.71. The van der Waals surface area contributed by atoms with Gasteiger partial charge < -0.3 is 0 Å². The first-order valence-electron chi connectivity index (χ1n) is 5.64. The van der Waals surface area contributed by atoms with Crippen LogP contribution in [0.25, 0.3) is 0 Å². The highest BCUT2D eigenvalue weighted by molar-refractivity contribution is 5.34. The largest absolute Gasteiger partial charge is 0.0727 e. The van der Waals surface area contributed by atoms with Crippen LogP contribution in [0.5, 0.6) is 0 Å². The first kappa shape index (κ1) is 9.05. The van der Waals surface area contributed by atoms with E-state index in [1.165, 1.54) is 38.5 Å². The Morgan fingerprint density at radius 2 is 1.77 bits per heavy atom. The van der Waals surface area contributed by atoms with Gasteiger partial charge in [-0.2, -0.15) is 0 Å². The summed E-state index contributed by atoms with van der Waals surface area (Å²) in [6, 6.07) is 0. The molecule has 1 saturated carbocycles. The third-order valence-electron chi connectivity index (χ3n) is 3.58. The molecule has 0 heterocycles. The summed E-state index contributed by atoms with van der Waals surface area (Å²) >= 11 is 0. The second-order valence-corrected chi connectivity index (χ2v) is 4.71. The summed E-state index contributed by atoms with van der Waals surface area (Å²) < 4.78 is 0. The smallest absolute Gasteiger partial charge is 0.0163 e. The number of hydrogen-bond acceptors (Lipinski definition) is 0. The van der Waals surface area contributed by atoms with Gasteiger partial charge in [0.2, 0.25) is 0 Å². The zero-order valence-electron chi connectivity index (χ0n) is 8.90. The standard InChI is InChI=1S/C13H20/c1-10-7-8-11(2)13(9-10)12-5-3-4-6-12/h9,12H,3-8H2,1-2H3. The second kappa shape index (κ2) is 3.69. The topological polar surface area (TPSA) is 0 Å². The van der Waals surface area contributed by atoms with Crippen LogP contribution in [-0.4, -0.2) is 0 Å². The Hall–Kier alpha value is -0.520. The van der Waals surface area contributed by atoms with Crippen LogP contribution in [0, 0.1) is 5.92 Å². The van der Waals surface area contributed by atoms with Crippen LogP contribution in [0.3, 0.4) is 0 Å². The molecule has 0 bridgehead atoms. The van der Waals surface area contributed by atoms with Crippen molar-refractivity contribution in [1.29, 1.82) is 0 Å². The molecule has 0 aromatic heterocycles. The highest BCUT2D eigenvalue weighted by atomic mass is 14.3. The van der Waals surface area contributed by atoms with Gasteiger partial charge in [-0.05, 0) is 51.0 Å². The van der Waals surface area contributed by atoms with E-state index in [0.717, 1.165) is 5.92 Å². The molecule has 2 aliphatic rings. The molecule has 0 saturated heterocycles.